The second-order valence-electron chi connectivity index (χ2n) is 0.408. The molecule has 42 valence electrons. The molecule has 0 aromatic carbocycles. The van der Waals surface area contributed by atoms with Crippen LogP contribution in [-0.2, 0) is 7.67 Å². The number of halogens is 1. The summed E-state index contributed by atoms with van der Waals surface area (Å²) in [5.41, 5.74) is 0. The van der Waals surface area contributed by atoms with Gasteiger partial charge in [-0.15, -0.1) is 0 Å². The van der Waals surface area contributed by atoms with Crippen LogP contribution in [0, 0.1) is 0 Å². The van der Waals surface area contributed by atoms with E-state index in [1.54, 1.807) is 0 Å². The van der Waals surface area contributed by atoms with Gasteiger partial charge in [0.1, 0.15) is 0 Å². The zero-order valence-corrected chi connectivity index (χ0v) is 7.13. The largest absolute Gasteiger partial charge is 3.00 e. The fourth-order valence-corrected chi connectivity index (χ4v) is 0. The summed E-state index contributed by atoms with van der Waals surface area (Å²) in [6.45, 7) is 0. The smallest absolute Gasteiger partial charge is 1.00 e. The zero-order valence-electron chi connectivity index (χ0n) is 2.87. The van der Waals surface area contributed by atoms with Gasteiger partial charge in [0.05, 0.1) is 0 Å². The van der Waals surface area contributed by atoms with Gasteiger partial charge in [0.15, 0.2) is 0 Å². The maximum absolute atomic E-state index is 8.59. The molecular formula is FO4SbSe. The summed E-state index contributed by atoms with van der Waals surface area (Å²) < 4.78 is 34.4. The molecule has 4 nitrogen and oxygen atoms in total. The SMILES string of the molecule is O=[Se](=O)([O-])[O-].[F-].[Sb+3]. The molecule has 0 aromatic rings. The summed E-state index contributed by atoms with van der Waals surface area (Å²) in [4.78, 5) is 0. The van der Waals surface area contributed by atoms with Crippen LogP contribution < -0.4 is 13.1 Å². The second kappa shape index (κ2) is 4.93. The van der Waals surface area contributed by atoms with Crippen LogP contribution in [0.5, 0.6) is 0 Å². The van der Waals surface area contributed by atoms with E-state index in [1.165, 1.54) is 0 Å². The molecule has 0 spiro atoms. The molecular weight excluding hydrogens is 284 g/mol. The van der Waals surface area contributed by atoms with Crippen molar-refractivity contribution in [2.75, 3.05) is 0 Å². The first kappa shape index (κ1) is 15.7. The molecule has 0 unspecified atom stereocenters. The number of hydrogen-bond acceptors (Lipinski definition) is 4. The van der Waals surface area contributed by atoms with Gasteiger partial charge >= 0.3 is 53.8 Å². The van der Waals surface area contributed by atoms with Crippen molar-refractivity contribution in [1.29, 1.82) is 0 Å². The molecule has 0 fully saturated rings. The average Bonchev–Trinajstić information content (AvgIpc) is 0.722. The Labute approximate surface area is 58.6 Å². The Morgan fingerprint density at radius 2 is 1.14 bits per heavy atom. The fourth-order valence-electron chi connectivity index (χ4n) is 0. The molecule has 2 radical (unpaired) electrons. The van der Waals surface area contributed by atoms with Crippen molar-refractivity contribution in [2.45, 2.75) is 0 Å². The van der Waals surface area contributed by atoms with E-state index in [0.717, 1.165) is 0 Å². The number of hydrogen-bond donors (Lipinski definition) is 0. The topological polar surface area (TPSA) is 80.3 Å². The first-order valence-corrected chi connectivity index (χ1v) is 3.46. The van der Waals surface area contributed by atoms with E-state index in [2.05, 4.69) is 0 Å². The van der Waals surface area contributed by atoms with Gasteiger partial charge < -0.3 is 4.70 Å². The van der Waals surface area contributed by atoms with E-state index >= 15 is 0 Å². The van der Waals surface area contributed by atoms with Crippen LogP contribution in [0.2, 0.25) is 0 Å². The Morgan fingerprint density at radius 1 is 1.14 bits per heavy atom. The predicted octanol–water partition coefficient (Wildman–Crippen LogP) is -6.37. The van der Waals surface area contributed by atoms with E-state index < -0.39 is 13.4 Å². The van der Waals surface area contributed by atoms with Crippen molar-refractivity contribution >= 4 is 37.8 Å². The molecule has 0 rings (SSSR count). The van der Waals surface area contributed by atoms with Crippen LogP contribution in [0.4, 0.5) is 0 Å². The van der Waals surface area contributed by atoms with Gasteiger partial charge in [-0.25, -0.2) is 0 Å². The summed E-state index contributed by atoms with van der Waals surface area (Å²) >= 11 is -5.75. The normalized spacial score (nSPS) is 8.29. The first-order chi connectivity index (χ1) is 2.00. The zero-order chi connectivity index (χ0) is 4.50. The van der Waals surface area contributed by atoms with E-state index in [1.807, 2.05) is 0 Å². The van der Waals surface area contributed by atoms with Crippen molar-refractivity contribution in [3.05, 3.63) is 0 Å². The maximum Gasteiger partial charge on any atom is 3.00 e. The van der Waals surface area contributed by atoms with Gasteiger partial charge in [0, 0.05) is 0 Å². The molecule has 0 N–H and O–H groups in total. The van der Waals surface area contributed by atoms with Crippen LogP contribution in [-0.4, -0.2) is 37.8 Å². The Balaban J connectivity index is -0.0000000800. The standard InChI is InChI=1S/FH.H2O4Se.Sb/c;1-5(2,3)4;/h1H;(H2,1,2,3,4);/q;;+3/p-3. The Bertz CT molecular complexity index is 94.9. The Hall–Kier alpha value is 0.788. The molecule has 0 atom stereocenters. The van der Waals surface area contributed by atoms with E-state index in [9.17, 15) is 0 Å². The minimum atomic E-state index is -5.75. The third kappa shape index (κ3) is 251. The summed E-state index contributed by atoms with van der Waals surface area (Å²) in [5.74, 6) is 0. The molecule has 0 aliphatic heterocycles. The third-order valence-corrected chi connectivity index (χ3v) is 0. The van der Waals surface area contributed by atoms with Crippen molar-refractivity contribution in [3.8, 4) is 0 Å². The summed E-state index contributed by atoms with van der Waals surface area (Å²) in [7, 11) is 0. The molecule has 0 amide bonds. The molecule has 0 aliphatic carbocycles. The van der Waals surface area contributed by atoms with E-state index in [-0.39, 0.29) is 29.1 Å². The van der Waals surface area contributed by atoms with Crippen molar-refractivity contribution < 1.29 is 20.8 Å². The van der Waals surface area contributed by atoms with Crippen LogP contribution >= 0.6 is 0 Å². The van der Waals surface area contributed by atoms with Crippen molar-refractivity contribution in [1.82, 2.24) is 0 Å². The van der Waals surface area contributed by atoms with E-state index in [4.69, 9.17) is 16.0 Å². The van der Waals surface area contributed by atoms with Gasteiger partial charge in [-0.05, 0) is 0 Å². The van der Waals surface area contributed by atoms with Crippen molar-refractivity contribution in [3.63, 3.8) is 0 Å². The molecule has 7 heavy (non-hydrogen) atoms. The second-order valence-corrected chi connectivity index (χ2v) is 2.12. The number of rotatable bonds is 0. The quantitative estimate of drug-likeness (QED) is 0.414. The summed E-state index contributed by atoms with van der Waals surface area (Å²) in [6, 6.07) is 0. The van der Waals surface area contributed by atoms with Crippen LogP contribution in [0.3, 0.4) is 0 Å². The Morgan fingerprint density at radius 3 is 1.14 bits per heavy atom. The van der Waals surface area contributed by atoms with Gasteiger partial charge in [-0.1, -0.05) is 0 Å². The molecule has 0 saturated heterocycles. The Kier molecular flexibility index (Phi) is 11.0. The molecule has 0 aromatic heterocycles. The maximum atomic E-state index is 8.59. The van der Waals surface area contributed by atoms with Crippen LogP contribution in [0.1, 0.15) is 0 Å². The predicted molar refractivity (Wildman–Crippen MR) is 12.9 cm³/mol. The summed E-state index contributed by atoms with van der Waals surface area (Å²) in [5, 5.41) is 0. The molecule has 0 heterocycles. The molecule has 0 bridgehead atoms. The molecule has 0 saturated carbocycles. The first-order valence-electron chi connectivity index (χ1n) is 0.667. The fraction of sp³-hybridized carbons (Fsp3) is 0. The van der Waals surface area contributed by atoms with Crippen LogP contribution in [0.15, 0.2) is 0 Å². The monoisotopic (exact) mass is 284 g/mol. The molecule has 0 aliphatic rings. The van der Waals surface area contributed by atoms with Gasteiger partial charge in [-0.2, -0.15) is 0 Å². The van der Waals surface area contributed by atoms with Crippen LogP contribution in [0.25, 0.3) is 0 Å². The summed E-state index contributed by atoms with van der Waals surface area (Å²) in [6.07, 6.45) is 0. The van der Waals surface area contributed by atoms with Gasteiger partial charge in [-0.3, -0.25) is 0 Å². The molecule has 7 heteroatoms. The average molecular weight is 284 g/mol. The minimum Gasteiger partial charge on any atom is -1.00 e. The van der Waals surface area contributed by atoms with Gasteiger partial charge in [0.2, 0.25) is 0 Å². The van der Waals surface area contributed by atoms with E-state index in [0.29, 0.717) is 0 Å². The third-order valence-electron chi connectivity index (χ3n) is 0. The van der Waals surface area contributed by atoms with Crippen molar-refractivity contribution in [2.24, 2.45) is 0 Å². The minimum absolute atomic E-state index is 0. The van der Waals surface area contributed by atoms with Gasteiger partial charge in [0.25, 0.3) is 0 Å².